The molecule has 1 heterocycles. The van der Waals surface area contributed by atoms with Gasteiger partial charge in [0.2, 0.25) is 15.7 Å². The van der Waals surface area contributed by atoms with Crippen LogP contribution in [0.15, 0.2) is 58.3 Å². The second-order valence-corrected chi connectivity index (χ2v) is 8.41. The standard InChI is InChI=1S/C20H25N3O3S/c1-2-20(24)22-18-15-16(23-13-6-11-21-12-14-23)9-10-19(18)27(25,26)17-7-4-3-5-8-17/h3-5,7-10,15,21H,2,6,11-14H2,1H3,(H,22,24). The van der Waals surface area contributed by atoms with Gasteiger partial charge in [-0.05, 0) is 43.3 Å². The molecule has 144 valence electrons. The summed E-state index contributed by atoms with van der Waals surface area (Å²) in [7, 11) is -3.72. The van der Waals surface area contributed by atoms with Gasteiger partial charge in [0.25, 0.3) is 0 Å². The summed E-state index contributed by atoms with van der Waals surface area (Å²) < 4.78 is 26.2. The van der Waals surface area contributed by atoms with Gasteiger partial charge in [0.05, 0.1) is 15.5 Å². The van der Waals surface area contributed by atoms with Crippen LogP contribution in [-0.4, -0.2) is 40.5 Å². The minimum Gasteiger partial charge on any atom is -0.370 e. The Morgan fingerprint density at radius 2 is 1.89 bits per heavy atom. The number of hydrogen-bond acceptors (Lipinski definition) is 5. The molecule has 0 aromatic heterocycles. The van der Waals surface area contributed by atoms with Crippen LogP contribution in [0.1, 0.15) is 19.8 Å². The first-order valence-electron chi connectivity index (χ1n) is 9.22. The van der Waals surface area contributed by atoms with Crippen molar-refractivity contribution in [1.29, 1.82) is 0 Å². The van der Waals surface area contributed by atoms with Crippen molar-refractivity contribution < 1.29 is 13.2 Å². The van der Waals surface area contributed by atoms with Gasteiger partial charge < -0.3 is 15.5 Å². The maximum atomic E-state index is 13.1. The highest BCUT2D eigenvalue weighted by Gasteiger charge is 2.23. The molecule has 0 radical (unpaired) electrons. The average molecular weight is 388 g/mol. The van der Waals surface area contributed by atoms with Gasteiger partial charge in [-0.2, -0.15) is 0 Å². The third-order valence-corrected chi connectivity index (χ3v) is 6.43. The molecule has 0 bridgehead atoms. The van der Waals surface area contributed by atoms with Crippen LogP contribution in [0.2, 0.25) is 0 Å². The van der Waals surface area contributed by atoms with Crippen molar-refractivity contribution in [3.05, 3.63) is 48.5 Å². The van der Waals surface area contributed by atoms with Gasteiger partial charge in [0, 0.05) is 31.7 Å². The normalized spacial score (nSPS) is 15.2. The molecule has 0 aliphatic carbocycles. The maximum absolute atomic E-state index is 13.1. The number of nitrogens with one attached hydrogen (secondary N) is 2. The lowest BCUT2D eigenvalue weighted by atomic mass is 10.2. The fourth-order valence-electron chi connectivity index (χ4n) is 3.12. The highest BCUT2D eigenvalue weighted by molar-refractivity contribution is 7.91. The van der Waals surface area contributed by atoms with Crippen LogP contribution in [0.25, 0.3) is 0 Å². The van der Waals surface area contributed by atoms with E-state index in [1.54, 1.807) is 49.4 Å². The molecule has 0 saturated carbocycles. The molecule has 1 aliphatic rings. The Kier molecular flexibility index (Phi) is 6.13. The van der Waals surface area contributed by atoms with Gasteiger partial charge in [-0.1, -0.05) is 25.1 Å². The molecule has 2 aromatic rings. The van der Waals surface area contributed by atoms with Gasteiger partial charge in [-0.3, -0.25) is 4.79 Å². The lowest BCUT2D eigenvalue weighted by Gasteiger charge is -2.24. The number of rotatable bonds is 5. The third-order valence-electron chi connectivity index (χ3n) is 4.61. The van der Waals surface area contributed by atoms with Crippen LogP contribution in [0.4, 0.5) is 11.4 Å². The van der Waals surface area contributed by atoms with Crippen LogP contribution in [-0.2, 0) is 14.6 Å². The van der Waals surface area contributed by atoms with E-state index in [0.29, 0.717) is 5.69 Å². The van der Waals surface area contributed by atoms with Crippen molar-refractivity contribution in [2.24, 2.45) is 0 Å². The molecule has 2 aromatic carbocycles. The van der Waals surface area contributed by atoms with Crippen molar-refractivity contribution in [1.82, 2.24) is 5.32 Å². The number of anilines is 2. The molecular formula is C20H25N3O3S. The predicted molar refractivity (Wildman–Crippen MR) is 107 cm³/mol. The van der Waals surface area contributed by atoms with Crippen LogP contribution >= 0.6 is 0 Å². The molecule has 2 N–H and O–H groups in total. The summed E-state index contributed by atoms with van der Waals surface area (Å²) >= 11 is 0. The number of carbonyl (C=O) groups is 1. The Balaban J connectivity index is 2.03. The van der Waals surface area contributed by atoms with Crippen molar-refractivity contribution in [2.45, 2.75) is 29.6 Å². The SMILES string of the molecule is CCC(=O)Nc1cc(N2CCCNCC2)ccc1S(=O)(=O)c1ccccc1. The quantitative estimate of drug-likeness (QED) is 0.825. The lowest BCUT2D eigenvalue weighted by Crippen LogP contribution is -2.28. The largest absolute Gasteiger partial charge is 0.370 e. The summed E-state index contributed by atoms with van der Waals surface area (Å²) in [6.07, 6.45) is 1.30. The van der Waals surface area contributed by atoms with Crippen LogP contribution in [0.5, 0.6) is 0 Å². The van der Waals surface area contributed by atoms with E-state index in [2.05, 4.69) is 15.5 Å². The summed E-state index contributed by atoms with van der Waals surface area (Å²) in [5.41, 5.74) is 1.25. The molecule has 0 atom stereocenters. The van der Waals surface area contributed by atoms with Crippen LogP contribution in [0, 0.1) is 0 Å². The first-order chi connectivity index (χ1) is 13.0. The van der Waals surface area contributed by atoms with Crippen molar-refractivity contribution in [3.63, 3.8) is 0 Å². The lowest BCUT2D eigenvalue weighted by molar-refractivity contribution is -0.115. The zero-order valence-electron chi connectivity index (χ0n) is 15.4. The Morgan fingerprint density at radius 1 is 1.11 bits per heavy atom. The van der Waals surface area contributed by atoms with Gasteiger partial charge in [0.15, 0.2) is 0 Å². The number of nitrogens with zero attached hydrogens (tertiary/aromatic N) is 1. The smallest absolute Gasteiger partial charge is 0.224 e. The molecule has 7 heteroatoms. The number of carbonyl (C=O) groups excluding carboxylic acids is 1. The first-order valence-corrected chi connectivity index (χ1v) is 10.7. The minimum absolute atomic E-state index is 0.118. The van der Waals surface area contributed by atoms with Crippen LogP contribution in [0.3, 0.4) is 0 Å². The topological polar surface area (TPSA) is 78.5 Å². The highest BCUT2D eigenvalue weighted by atomic mass is 32.2. The fraction of sp³-hybridized carbons (Fsp3) is 0.350. The zero-order valence-corrected chi connectivity index (χ0v) is 16.3. The molecule has 0 unspecified atom stereocenters. The van der Waals surface area contributed by atoms with Crippen molar-refractivity contribution >= 4 is 27.1 Å². The number of hydrogen-bond donors (Lipinski definition) is 2. The molecular weight excluding hydrogens is 362 g/mol. The first kappa shape index (κ1) is 19.4. The Labute approximate surface area is 160 Å². The Morgan fingerprint density at radius 3 is 2.63 bits per heavy atom. The van der Waals surface area contributed by atoms with E-state index in [0.717, 1.165) is 38.3 Å². The summed E-state index contributed by atoms with van der Waals surface area (Å²) in [5, 5.41) is 6.12. The van der Waals surface area contributed by atoms with E-state index in [1.165, 1.54) is 0 Å². The van der Waals surface area contributed by atoms with Gasteiger partial charge >= 0.3 is 0 Å². The number of sulfone groups is 1. The predicted octanol–water partition coefficient (Wildman–Crippen LogP) is 2.67. The number of amides is 1. The van der Waals surface area contributed by atoms with E-state index in [-0.39, 0.29) is 22.1 Å². The Hall–Kier alpha value is -2.38. The zero-order chi connectivity index (χ0) is 19.3. The van der Waals surface area contributed by atoms with Crippen molar-refractivity contribution in [3.8, 4) is 0 Å². The van der Waals surface area contributed by atoms with E-state index in [4.69, 9.17) is 0 Å². The summed E-state index contributed by atoms with van der Waals surface area (Å²) in [4.78, 5) is 14.5. The summed E-state index contributed by atoms with van der Waals surface area (Å²) in [6.45, 7) is 5.31. The number of benzene rings is 2. The third kappa shape index (κ3) is 4.48. The average Bonchev–Trinajstić information content (AvgIpc) is 2.98. The maximum Gasteiger partial charge on any atom is 0.224 e. The van der Waals surface area contributed by atoms with Gasteiger partial charge in [-0.15, -0.1) is 0 Å². The Bertz CT molecular complexity index is 890. The van der Waals surface area contributed by atoms with Gasteiger partial charge in [-0.25, -0.2) is 8.42 Å². The molecule has 0 spiro atoms. The molecule has 1 fully saturated rings. The van der Waals surface area contributed by atoms with Crippen LogP contribution < -0.4 is 15.5 Å². The molecule has 1 amide bonds. The summed E-state index contributed by atoms with van der Waals surface area (Å²) in [5.74, 6) is -0.214. The monoisotopic (exact) mass is 387 g/mol. The van der Waals surface area contributed by atoms with E-state index in [9.17, 15) is 13.2 Å². The van der Waals surface area contributed by atoms with E-state index < -0.39 is 9.84 Å². The molecule has 27 heavy (non-hydrogen) atoms. The van der Waals surface area contributed by atoms with E-state index in [1.807, 2.05) is 6.07 Å². The molecule has 1 aliphatic heterocycles. The molecule has 3 rings (SSSR count). The van der Waals surface area contributed by atoms with Crippen molar-refractivity contribution in [2.75, 3.05) is 36.4 Å². The molecule has 6 nitrogen and oxygen atoms in total. The minimum atomic E-state index is -3.72. The fourth-order valence-corrected chi connectivity index (χ4v) is 4.53. The molecule has 1 saturated heterocycles. The van der Waals surface area contributed by atoms with Gasteiger partial charge in [0.1, 0.15) is 0 Å². The second-order valence-electron chi connectivity index (χ2n) is 6.49. The second kappa shape index (κ2) is 8.54. The van der Waals surface area contributed by atoms with E-state index >= 15 is 0 Å². The summed E-state index contributed by atoms with van der Waals surface area (Å²) in [6, 6.07) is 13.5. The highest BCUT2D eigenvalue weighted by Crippen LogP contribution is 2.32.